The van der Waals surface area contributed by atoms with Gasteiger partial charge in [-0.25, -0.2) is 18.7 Å². The van der Waals surface area contributed by atoms with E-state index in [9.17, 15) is 8.78 Å². The molecule has 5 nitrogen and oxygen atoms in total. The van der Waals surface area contributed by atoms with Gasteiger partial charge in [0, 0.05) is 24.8 Å². The smallest absolute Gasteiger partial charge is 0.280 e. The van der Waals surface area contributed by atoms with E-state index in [2.05, 4.69) is 20.4 Å². The van der Waals surface area contributed by atoms with Crippen LogP contribution in [0.3, 0.4) is 0 Å². The van der Waals surface area contributed by atoms with Crippen LogP contribution in [0.1, 0.15) is 24.7 Å². The zero-order valence-corrected chi connectivity index (χ0v) is 11.0. The van der Waals surface area contributed by atoms with Gasteiger partial charge in [0.2, 0.25) is 5.95 Å². The molecule has 7 heteroatoms. The Balaban J connectivity index is 2.54. The van der Waals surface area contributed by atoms with E-state index in [4.69, 9.17) is 0 Å². The first kappa shape index (κ1) is 13.4. The van der Waals surface area contributed by atoms with Crippen LogP contribution in [0.4, 0.5) is 14.7 Å². The van der Waals surface area contributed by atoms with Crippen molar-refractivity contribution in [2.45, 2.75) is 26.8 Å². The van der Waals surface area contributed by atoms with Gasteiger partial charge in [-0.2, -0.15) is 5.10 Å². The standard InChI is InChI=1S/C12H15F2N5/c1-4-19-7(2)8(6-16-19)9-5-10(11(13)14)18-12(15-3)17-9/h5-6,11H,4H2,1-3H3,(H,15,17,18). The maximum atomic E-state index is 12.8. The van der Waals surface area contributed by atoms with Gasteiger partial charge in [-0.3, -0.25) is 4.68 Å². The fraction of sp³-hybridized carbons (Fsp3) is 0.417. The van der Waals surface area contributed by atoms with E-state index < -0.39 is 6.43 Å². The maximum Gasteiger partial charge on any atom is 0.280 e. The van der Waals surface area contributed by atoms with Crippen molar-refractivity contribution in [3.8, 4) is 11.3 Å². The van der Waals surface area contributed by atoms with Crippen LogP contribution in [0.2, 0.25) is 0 Å². The SMILES string of the molecule is CCn1ncc(-c2cc(C(F)F)nc(NC)n2)c1C. The lowest BCUT2D eigenvalue weighted by atomic mass is 10.1. The molecule has 0 aromatic carbocycles. The van der Waals surface area contributed by atoms with Gasteiger partial charge in [0.1, 0.15) is 5.69 Å². The van der Waals surface area contributed by atoms with Gasteiger partial charge in [0.15, 0.2) is 0 Å². The van der Waals surface area contributed by atoms with E-state index in [0.717, 1.165) is 17.8 Å². The van der Waals surface area contributed by atoms with Gasteiger partial charge < -0.3 is 5.32 Å². The topological polar surface area (TPSA) is 55.6 Å². The molecular weight excluding hydrogens is 252 g/mol. The zero-order chi connectivity index (χ0) is 14.0. The van der Waals surface area contributed by atoms with Crippen molar-refractivity contribution >= 4 is 5.95 Å². The molecular formula is C12H15F2N5. The number of hydrogen-bond acceptors (Lipinski definition) is 4. The molecule has 2 heterocycles. The Kier molecular flexibility index (Phi) is 3.73. The number of anilines is 1. The third-order valence-corrected chi connectivity index (χ3v) is 2.87. The molecule has 0 amide bonds. The number of hydrogen-bond donors (Lipinski definition) is 1. The van der Waals surface area contributed by atoms with Crippen LogP contribution in [0, 0.1) is 6.92 Å². The summed E-state index contributed by atoms with van der Waals surface area (Å²) in [5, 5.41) is 6.88. The molecule has 0 saturated heterocycles. The molecule has 102 valence electrons. The largest absolute Gasteiger partial charge is 0.357 e. The van der Waals surface area contributed by atoms with E-state index in [0.29, 0.717) is 5.69 Å². The molecule has 0 aliphatic carbocycles. The number of rotatable bonds is 4. The highest BCUT2D eigenvalue weighted by Crippen LogP contribution is 2.26. The summed E-state index contributed by atoms with van der Waals surface area (Å²) in [6, 6.07) is 1.30. The second-order valence-electron chi connectivity index (χ2n) is 4.01. The average molecular weight is 267 g/mol. The van der Waals surface area contributed by atoms with Gasteiger partial charge in [0.25, 0.3) is 6.43 Å². The predicted molar refractivity (Wildman–Crippen MR) is 68.2 cm³/mol. The molecule has 0 unspecified atom stereocenters. The van der Waals surface area contributed by atoms with Crippen LogP contribution in [-0.2, 0) is 6.54 Å². The first-order valence-corrected chi connectivity index (χ1v) is 5.94. The van der Waals surface area contributed by atoms with Crippen molar-refractivity contribution < 1.29 is 8.78 Å². The Morgan fingerprint density at radius 2 is 2.11 bits per heavy atom. The Hall–Kier alpha value is -2.05. The molecule has 0 aliphatic rings. The van der Waals surface area contributed by atoms with Crippen molar-refractivity contribution in [3.63, 3.8) is 0 Å². The molecule has 0 bridgehead atoms. The molecule has 0 aliphatic heterocycles. The van der Waals surface area contributed by atoms with E-state index in [1.54, 1.807) is 17.9 Å². The van der Waals surface area contributed by atoms with Crippen molar-refractivity contribution in [2.24, 2.45) is 0 Å². The summed E-state index contributed by atoms with van der Waals surface area (Å²) < 4.78 is 27.4. The van der Waals surface area contributed by atoms with Gasteiger partial charge in [-0.1, -0.05) is 0 Å². The minimum Gasteiger partial charge on any atom is -0.357 e. The lowest BCUT2D eigenvalue weighted by molar-refractivity contribution is 0.146. The van der Waals surface area contributed by atoms with Crippen LogP contribution in [0.25, 0.3) is 11.3 Å². The minimum atomic E-state index is -2.63. The second-order valence-corrected chi connectivity index (χ2v) is 4.01. The quantitative estimate of drug-likeness (QED) is 0.925. The van der Waals surface area contributed by atoms with E-state index in [1.807, 2.05) is 13.8 Å². The van der Waals surface area contributed by atoms with Crippen LogP contribution in [-0.4, -0.2) is 26.8 Å². The fourth-order valence-electron chi connectivity index (χ4n) is 1.84. The molecule has 0 radical (unpaired) electrons. The highest BCUT2D eigenvalue weighted by molar-refractivity contribution is 5.62. The number of aromatic nitrogens is 4. The summed E-state index contributed by atoms with van der Waals surface area (Å²) in [5.74, 6) is 0.177. The second kappa shape index (κ2) is 5.29. The zero-order valence-electron chi connectivity index (χ0n) is 11.0. The first-order valence-electron chi connectivity index (χ1n) is 5.94. The number of alkyl halides is 2. The van der Waals surface area contributed by atoms with E-state index in [1.165, 1.54) is 6.07 Å². The minimum absolute atomic E-state index is 0.177. The molecule has 0 fully saturated rings. The molecule has 0 saturated carbocycles. The van der Waals surface area contributed by atoms with E-state index >= 15 is 0 Å². The Bertz CT molecular complexity index is 579. The molecule has 1 N–H and O–H groups in total. The van der Waals surface area contributed by atoms with Crippen LogP contribution < -0.4 is 5.32 Å². The average Bonchev–Trinajstić information content (AvgIpc) is 2.79. The monoisotopic (exact) mass is 267 g/mol. The molecule has 0 spiro atoms. The number of aryl methyl sites for hydroxylation is 1. The highest BCUT2D eigenvalue weighted by atomic mass is 19.3. The Morgan fingerprint density at radius 3 is 2.63 bits per heavy atom. The summed E-state index contributed by atoms with van der Waals surface area (Å²) in [6.45, 7) is 4.57. The summed E-state index contributed by atoms with van der Waals surface area (Å²) >= 11 is 0. The van der Waals surface area contributed by atoms with Crippen LogP contribution >= 0.6 is 0 Å². The van der Waals surface area contributed by atoms with Crippen molar-refractivity contribution in [3.05, 3.63) is 23.7 Å². The lowest BCUT2D eigenvalue weighted by Gasteiger charge is -2.07. The number of nitrogens with zero attached hydrogens (tertiary/aromatic N) is 4. The summed E-state index contributed by atoms with van der Waals surface area (Å²) in [5.41, 5.74) is 1.79. The van der Waals surface area contributed by atoms with Crippen molar-refractivity contribution in [1.82, 2.24) is 19.7 Å². The first-order chi connectivity index (χ1) is 9.06. The highest BCUT2D eigenvalue weighted by Gasteiger charge is 2.16. The van der Waals surface area contributed by atoms with Crippen molar-refractivity contribution in [2.75, 3.05) is 12.4 Å². The maximum absolute atomic E-state index is 12.8. The molecule has 2 rings (SSSR count). The molecule has 2 aromatic rings. The number of halogens is 2. The van der Waals surface area contributed by atoms with Crippen LogP contribution in [0.15, 0.2) is 12.3 Å². The van der Waals surface area contributed by atoms with Gasteiger partial charge in [-0.05, 0) is 19.9 Å². The van der Waals surface area contributed by atoms with E-state index in [-0.39, 0.29) is 11.6 Å². The normalized spacial score (nSPS) is 11.1. The molecule has 0 atom stereocenters. The summed E-state index contributed by atoms with van der Waals surface area (Å²) in [7, 11) is 1.59. The Labute approximate surface area is 109 Å². The van der Waals surface area contributed by atoms with Crippen molar-refractivity contribution in [1.29, 1.82) is 0 Å². The van der Waals surface area contributed by atoms with Gasteiger partial charge >= 0.3 is 0 Å². The number of nitrogens with one attached hydrogen (secondary N) is 1. The summed E-state index contributed by atoms with van der Waals surface area (Å²) in [4.78, 5) is 7.94. The fourth-order valence-corrected chi connectivity index (χ4v) is 1.84. The molecule has 2 aromatic heterocycles. The third kappa shape index (κ3) is 2.54. The third-order valence-electron chi connectivity index (χ3n) is 2.87. The molecule has 19 heavy (non-hydrogen) atoms. The van der Waals surface area contributed by atoms with Gasteiger partial charge in [0.05, 0.1) is 11.9 Å². The predicted octanol–water partition coefficient (Wildman–Crippen LogP) is 2.65. The summed E-state index contributed by atoms with van der Waals surface area (Å²) in [6.07, 6.45) is -0.995. The van der Waals surface area contributed by atoms with Gasteiger partial charge in [-0.15, -0.1) is 0 Å². The van der Waals surface area contributed by atoms with Crippen LogP contribution in [0.5, 0.6) is 0 Å². The Morgan fingerprint density at radius 1 is 1.37 bits per heavy atom. The lowest BCUT2D eigenvalue weighted by Crippen LogP contribution is -2.03.